The van der Waals surface area contributed by atoms with Crippen molar-refractivity contribution in [1.29, 1.82) is 0 Å². The van der Waals surface area contributed by atoms with E-state index in [9.17, 15) is 0 Å². The van der Waals surface area contributed by atoms with Crippen molar-refractivity contribution in [3.05, 3.63) is 28.8 Å². The first-order chi connectivity index (χ1) is 5.24. The maximum Gasteiger partial charge on any atom is 0.0544 e. The molecule has 0 saturated heterocycles. The van der Waals surface area contributed by atoms with Crippen molar-refractivity contribution in [1.82, 2.24) is 0 Å². The lowest BCUT2D eigenvalue weighted by atomic mass is 10.2. The van der Waals surface area contributed by atoms with E-state index in [1.54, 1.807) is 11.8 Å². The number of rotatable bonds is 2. The SMILES string of the molecule is CCSc1ccc(C)cc1Cl. The summed E-state index contributed by atoms with van der Waals surface area (Å²) in [6, 6.07) is 6.16. The van der Waals surface area contributed by atoms with Crippen LogP contribution in [0.2, 0.25) is 5.02 Å². The molecule has 2 heteroatoms. The molecule has 0 amide bonds. The minimum absolute atomic E-state index is 0.872. The number of hydrogen-bond acceptors (Lipinski definition) is 1. The summed E-state index contributed by atoms with van der Waals surface area (Å²) >= 11 is 7.77. The van der Waals surface area contributed by atoms with Crippen molar-refractivity contribution in [2.45, 2.75) is 18.7 Å². The Balaban J connectivity index is 2.90. The van der Waals surface area contributed by atoms with Crippen LogP contribution in [-0.2, 0) is 0 Å². The van der Waals surface area contributed by atoms with Gasteiger partial charge in [0, 0.05) is 4.90 Å². The van der Waals surface area contributed by atoms with Crippen LogP contribution in [-0.4, -0.2) is 5.75 Å². The minimum Gasteiger partial charge on any atom is -0.125 e. The second kappa shape index (κ2) is 4.03. The number of thioether (sulfide) groups is 1. The molecule has 1 aromatic carbocycles. The van der Waals surface area contributed by atoms with E-state index >= 15 is 0 Å². The lowest BCUT2D eigenvalue weighted by Gasteiger charge is -2.01. The van der Waals surface area contributed by atoms with Gasteiger partial charge in [0.1, 0.15) is 0 Å². The molecule has 0 atom stereocenters. The Labute approximate surface area is 77.0 Å². The first-order valence-electron chi connectivity index (χ1n) is 3.63. The molecule has 0 spiro atoms. The summed E-state index contributed by atoms with van der Waals surface area (Å²) in [6.07, 6.45) is 0. The molecule has 0 fully saturated rings. The Kier molecular flexibility index (Phi) is 3.28. The molecule has 0 nitrogen and oxygen atoms in total. The molecule has 0 aliphatic carbocycles. The maximum atomic E-state index is 5.99. The number of benzene rings is 1. The van der Waals surface area contributed by atoms with E-state index in [4.69, 9.17) is 11.6 Å². The predicted octanol–water partition coefficient (Wildman–Crippen LogP) is 3.76. The average molecular weight is 187 g/mol. The van der Waals surface area contributed by atoms with Crippen LogP contribution in [0.5, 0.6) is 0 Å². The maximum absolute atomic E-state index is 5.99. The molecule has 0 radical (unpaired) electrons. The van der Waals surface area contributed by atoms with E-state index in [0.717, 1.165) is 10.8 Å². The first kappa shape index (κ1) is 8.95. The molecule has 0 saturated carbocycles. The molecule has 1 rings (SSSR count). The van der Waals surface area contributed by atoms with E-state index in [1.807, 2.05) is 13.0 Å². The summed E-state index contributed by atoms with van der Waals surface area (Å²) < 4.78 is 0. The second-order valence-electron chi connectivity index (χ2n) is 2.37. The Hall–Kier alpha value is -0.140. The average Bonchev–Trinajstić information content (AvgIpc) is 1.95. The summed E-state index contributed by atoms with van der Waals surface area (Å²) in [5, 5.41) is 0.872. The fraction of sp³-hybridized carbons (Fsp3) is 0.333. The molecule has 1 aromatic rings. The third-order valence-electron chi connectivity index (χ3n) is 1.39. The van der Waals surface area contributed by atoms with Crippen LogP contribution in [0.15, 0.2) is 23.1 Å². The molecule has 60 valence electrons. The highest BCUT2D eigenvalue weighted by Crippen LogP contribution is 2.27. The lowest BCUT2D eigenvalue weighted by molar-refractivity contribution is 1.37. The highest BCUT2D eigenvalue weighted by atomic mass is 35.5. The molecule has 0 aliphatic rings. The summed E-state index contributed by atoms with van der Waals surface area (Å²) in [5.41, 5.74) is 1.22. The van der Waals surface area contributed by atoms with Crippen LogP contribution in [0.25, 0.3) is 0 Å². The van der Waals surface area contributed by atoms with E-state index in [0.29, 0.717) is 0 Å². The Morgan fingerprint density at radius 1 is 1.45 bits per heavy atom. The van der Waals surface area contributed by atoms with Gasteiger partial charge in [0.15, 0.2) is 0 Å². The third kappa shape index (κ3) is 2.42. The van der Waals surface area contributed by atoms with Gasteiger partial charge in [0.25, 0.3) is 0 Å². The van der Waals surface area contributed by atoms with Gasteiger partial charge in [-0.15, -0.1) is 11.8 Å². The van der Waals surface area contributed by atoms with Gasteiger partial charge in [0.05, 0.1) is 5.02 Å². The van der Waals surface area contributed by atoms with Crippen LogP contribution in [0, 0.1) is 6.92 Å². The van der Waals surface area contributed by atoms with Crippen molar-refractivity contribution in [3.8, 4) is 0 Å². The van der Waals surface area contributed by atoms with Gasteiger partial charge in [-0.1, -0.05) is 24.6 Å². The zero-order valence-electron chi connectivity index (χ0n) is 6.73. The van der Waals surface area contributed by atoms with Crippen LogP contribution in [0.1, 0.15) is 12.5 Å². The van der Waals surface area contributed by atoms with Gasteiger partial charge in [-0.2, -0.15) is 0 Å². The van der Waals surface area contributed by atoms with Crippen molar-refractivity contribution in [2.75, 3.05) is 5.75 Å². The molecule has 0 N–H and O–H groups in total. The van der Waals surface area contributed by atoms with Crippen LogP contribution in [0.3, 0.4) is 0 Å². The summed E-state index contributed by atoms with van der Waals surface area (Å²) in [5.74, 6) is 1.07. The first-order valence-corrected chi connectivity index (χ1v) is 4.99. The van der Waals surface area contributed by atoms with Crippen LogP contribution < -0.4 is 0 Å². The Morgan fingerprint density at radius 2 is 2.18 bits per heavy atom. The number of halogens is 1. The zero-order chi connectivity index (χ0) is 8.27. The fourth-order valence-corrected chi connectivity index (χ4v) is 1.95. The monoisotopic (exact) mass is 186 g/mol. The zero-order valence-corrected chi connectivity index (χ0v) is 8.30. The molecule has 0 heterocycles. The van der Waals surface area contributed by atoms with E-state index in [-0.39, 0.29) is 0 Å². The van der Waals surface area contributed by atoms with Crippen molar-refractivity contribution >= 4 is 23.4 Å². The number of aryl methyl sites for hydroxylation is 1. The van der Waals surface area contributed by atoms with Gasteiger partial charge >= 0.3 is 0 Å². The lowest BCUT2D eigenvalue weighted by Crippen LogP contribution is -1.77. The summed E-state index contributed by atoms with van der Waals surface area (Å²) in [7, 11) is 0. The molecule has 0 unspecified atom stereocenters. The van der Waals surface area contributed by atoms with Crippen molar-refractivity contribution in [3.63, 3.8) is 0 Å². The molecule has 0 bridgehead atoms. The molecule has 11 heavy (non-hydrogen) atoms. The molecule has 0 aromatic heterocycles. The third-order valence-corrected chi connectivity index (χ3v) is 2.77. The van der Waals surface area contributed by atoms with Crippen molar-refractivity contribution in [2.24, 2.45) is 0 Å². The number of hydrogen-bond donors (Lipinski definition) is 0. The molecular weight excluding hydrogens is 176 g/mol. The topological polar surface area (TPSA) is 0 Å². The highest BCUT2D eigenvalue weighted by molar-refractivity contribution is 7.99. The van der Waals surface area contributed by atoms with Crippen LogP contribution in [0.4, 0.5) is 0 Å². The normalized spacial score (nSPS) is 10.1. The predicted molar refractivity (Wildman–Crippen MR) is 52.6 cm³/mol. The van der Waals surface area contributed by atoms with Gasteiger partial charge < -0.3 is 0 Å². The highest BCUT2D eigenvalue weighted by Gasteiger charge is 1.98. The standard InChI is InChI=1S/C9H11ClS/c1-3-11-9-5-4-7(2)6-8(9)10/h4-6H,3H2,1-2H3. The van der Waals surface area contributed by atoms with Gasteiger partial charge in [-0.3, -0.25) is 0 Å². The Morgan fingerprint density at radius 3 is 2.73 bits per heavy atom. The van der Waals surface area contributed by atoms with Gasteiger partial charge in [0.2, 0.25) is 0 Å². The Bertz CT molecular complexity index is 245. The summed E-state index contributed by atoms with van der Waals surface area (Å²) in [4.78, 5) is 1.18. The molecule has 0 aliphatic heterocycles. The van der Waals surface area contributed by atoms with E-state index in [2.05, 4.69) is 19.1 Å². The summed E-state index contributed by atoms with van der Waals surface area (Å²) in [6.45, 7) is 4.17. The van der Waals surface area contributed by atoms with E-state index < -0.39 is 0 Å². The van der Waals surface area contributed by atoms with Crippen molar-refractivity contribution < 1.29 is 0 Å². The molecular formula is C9H11ClS. The second-order valence-corrected chi connectivity index (χ2v) is 4.08. The van der Waals surface area contributed by atoms with E-state index in [1.165, 1.54) is 10.5 Å². The van der Waals surface area contributed by atoms with Gasteiger partial charge in [-0.05, 0) is 30.4 Å². The minimum atomic E-state index is 0.872. The van der Waals surface area contributed by atoms with Crippen LogP contribution >= 0.6 is 23.4 Å². The van der Waals surface area contributed by atoms with Gasteiger partial charge in [-0.25, -0.2) is 0 Å². The quantitative estimate of drug-likeness (QED) is 0.634. The fourth-order valence-electron chi connectivity index (χ4n) is 0.878. The smallest absolute Gasteiger partial charge is 0.0544 e. The largest absolute Gasteiger partial charge is 0.125 e.